The Morgan fingerprint density at radius 3 is 2.64 bits per heavy atom. The zero-order valence-electron chi connectivity index (χ0n) is 8.50. The normalized spacial score (nSPS) is 26.5. The Morgan fingerprint density at radius 1 is 1.43 bits per heavy atom. The summed E-state index contributed by atoms with van der Waals surface area (Å²) in [5.74, 6) is 0.493. The third kappa shape index (κ3) is 2.61. The van der Waals surface area contributed by atoms with Crippen LogP contribution in [0.25, 0.3) is 0 Å². The number of aliphatic hydroxyl groups is 1. The van der Waals surface area contributed by atoms with Crippen LogP contribution >= 0.6 is 0 Å². The maximum atomic E-state index is 10.00. The molecule has 0 saturated heterocycles. The summed E-state index contributed by atoms with van der Waals surface area (Å²) in [5, 5.41) is 13.1. The van der Waals surface area contributed by atoms with Crippen LogP contribution in [0.5, 0.6) is 0 Å². The van der Waals surface area contributed by atoms with Crippen molar-refractivity contribution >= 4 is 5.96 Å². The fourth-order valence-corrected chi connectivity index (χ4v) is 1.91. The van der Waals surface area contributed by atoms with Crippen LogP contribution in [0.2, 0.25) is 0 Å². The van der Waals surface area contributed by atoms with E-state index >= 15 is 0 Å². The van der Waals surface area contributed by atoms with Gasteiger partial charge in [-0.05, 0) is 25.7 Å². The molecule has 14 heavy (non-hydrogen) atoms. The van der Waals surface area contributed by atoms with Gasteiger partial charge in [0.15, 0.2) is 5.96 Å². The lowest BCUT2D eigenvalue weighted by Gasteiger charge is -2.19. The molecule has 0 bridgehead atoms. The summed E-state index contributed by atoms with van der Waals surface area (Å²) in [6, 6.07) is 0.539. The van der Waals surface area contributed by atoms with E-state index in [1.165, 1.54) is 12.8 Å². The van der Waals surface area contributed by atoms with Crippen LogP contribution in [0.1, 0.15) is 38.5 Å². The van der Waals surface area contributed by atoms with E-state index < -0.39 is 5.60 Å². The molecule has 4 heteroatoms. The number of guanidine groups is 1. The van der Waals surface area contributed by atoms with E-state index in [0.29, 0.717) is 18.5 Å². The van der Waals surface area contributed by atoms with Crippen molar-refractivity contribution in [2.45, 2.75) is 50.2 Å². The third-order valence-corrected chi connectivity index (χ3v) is 3.01. The highest BCUT2D eigenvalue weighted by Crippen LogP contribution is 2.29. The van der Waals surface area contributed by atoms with Crippen molar-refractivity contribution in [3.63, 3.8) is 0 Å². The van der Waals surface area contributed by atoms with Gasteiger partial charge in [-0.25, -0.2) is 0 Å². The molecule has 2 saturated carbocycles. The molecule has 2 rings (SSSR count). The number of hydrogen-bond acceptors (Lipinski definition) is 2. The average Bonchev–Trinajstić information content (AvgIpc) is 2.85. The van der Waals surface area contributed by atoms with Gasteiger partial charge in [-0.1, -0.05) is 12.8 Å². The van der Waals surface area contributed by atoms with Crippen LogP contribution in [-0.2, 0) is 0 Å². The number of rotatable bonds is 3. The maximum Gasteiger partial charge on any atom is 0.188 e. The molecule has 80 valence electrons. The van der Waals surface area contributed by atoms with E-state index in [1.807, 2.05) is 0 Å². The number of hydrogen-bond donors (Lipinski definition) is 3. The van der Waals surface area contributed by atoms with Crippen molar-refractivity contribution in [2.75, 3.05) is 6.54 Å². The van der Waals surface area contributed by atoms with Crippen molar-refractivity contribution in [1.82, 2.24) is 5.32 Å². The first kappa shape index (κ1) is 9.77. The van der Waals surface area contributed by atoms with Crippen molar-refractivity contribution in [1.29, 1.82) is 0 Å². The van der Waals surface area contributed by atoms with Gasteiger partial charge in [0, 0.05) is 6.04 Å². The molecule has 0 amide bonds. The molecule has 2 aliphatic carbocycles. The van der Waals surface area contributed by atoms with Gasteiger partial charge in [0.1, 0.15) is 0 Å². The molecule has 0 aliphatic heterocycles. The van der Waals surface area contributed by atoms with E-state index in [1.54, 1.807) is 0 Å². The molecule has 0 aromatic heterocycles. The maximum absolute atomic E-state index is 10.00. The van der Waals surface area contributed by atoms with E-state index in [0.717, 1.165) is 25.7 Å². The third-order valence-electron chi connectivity index (χ3n) is 3.01. The Bertz CT molecular complexity index is 230. The Balaban J connectivity index is 1.78. The van der Waals surface area contributed by atoms with E-state index in [9.17, 15) is 5.11 Å². The second-order valence-corrected chi connectivity index (χ2v) is 4.55. The summed E-state index contributed by atoms with van der Waals surface area (Å²) in [5.41, 5.74) is 5.11. The fraction of sp³-hybridized carbons (Fsp3) is 0.900. The molecular formula is C10H19N3O. The molecule has 0 aromatic rings. The van der Waals surface area contributed by atoms with Gasteiger partial charge < -0.3 is 16.2 Å². The summed E-state index contributed by atoms with van der Waals surface area (Å²) in [6.07, 6.45) is 6.35. The summed E-state index contributed by atoms with van der Waals surface area (Å²) < 4.78 is 0. The monoisotopic (exact) mass is 197 g/mol. The second kappa shape index (κ2) is 3.77. The smallest absolute Gasteiger partial charge is 0.188 e. The molecule has 4 nitrogen and oxygen atoms in total. The van der Waals surface area contributed by atoms with Crippen LogP contribution in [0, 0.1) is 0 Å². The van der Waals surface area contributed by atoms with Crippen LogP contribution in [0.15, 0.2) is 4.99 Å². The van der Waals surface area contributed by atoms with E-state index in [2.05, 4.69) is 10.3 Å². The predicted molar refractivity (Wildman–Crippen MR) is 56.1 cm³/mol. The predicted octanol–water partition coefficient (Wildman–Crippen LogP) is 0.358. The SMILES string of the molecule is NC(=NCC1(O)CCCC1)NC1CC1. The Morgan fingerprint density at radius 2 is 2.07 bits per heavy atom. The largest absolute Gasteiger partial charge is 0.388 e. The summed E-state index contributed by atoms with van der Waals surface area (Å²) in [4.78, 5) is 4.19. The first-order valence-corrected chi connectivity index (χ1v) is 5.47. The fourth-order valence-electron chi connectivity index (χ4n) is 1.91. The topological polar surface area (TPSA) is 70.6 Å². The lowest BCUT2D eigenvalue weighted by molar-refractivity contribution is 0.0574. The first-order chi connectivity index (χ1) is 6.68. The lowest BCUT2D eigenvalue weighted by atomic mass is 10.0. The van der Waals surface area contributed by atoms with Crippen molar-refractivity contribution in [3.05, 3.63) is 0 Å². The molecule has 0 unspecified atom stereocenters. The van der Waals surface area contributed by atoms with Crippen LogP contribution < -0.4 is 11.1 Å². The van der Waals surface area contributed by atoms with Gasteiger partial charge in [0.05, 0.1) is 12.1 Å². The van der Waals surface area contributed by atoms with Gasteiger partial charge >= 0.3 is 0 Å². The van der Waals surface area contributed by atoms with Gasteiger partial charge in [-0.2, -0.15) is 0 Å². The molecular weight excluding hydrogens is 178 g/mol. The molecule has 4 N–H and O–H groups in total. The van der Waals surface area contributed by atoms with Crippen LogP contribution in [0.3, 0.4) is 0 Å². The van der Waals surface area contributed by atoms with E-state index in [-0.39, 0.29) is 0 Å². The highest BCUT2D eigenvalue weighted by Gasteiger charge is 2.31. The van der Waals surface area contributed by atoms with Crippen molar-refractivity contribution in [2.24, 2.45) is 10.7 Å². The van der Waals surface area contributed by atoms with Crippen molar-refractivity contribution in [3.8, 4) is 0 Å². The Hall–Kier alpha value is -0.770. The van der Waals surface area contributed by atoms with Gasteiger partial charge in [-0.3, -0.25) is 4.99 Å². The van der Waals surface area contributed by atoms with Crippen LogP contribution in [-0.4, -0.2) is 29.3 Å². The molecule has 0 atom stereocenters. The first-order valence-electron chi connectivity index (χ1n) is 5.47. The molecule has 2 aliphatic rings. The molecule has 0 spiro atoms. The highest BCUT2D eigenvalue weighted by atomic mass is 16.3. The summed E-state index contributed by atoms with van der Waals surface area (Å²) in [7, 11) is 0. The quantitative estimate of drug-likeness (QED) is 0.452. The molecule has 0 aromatic carbocycles. The van der Waals surface area contributed by atoms with Gasteiger partial charge in [0.2, 0.25) is 0 Å². The van der Waals surface area contributed by atoms with Crippen LogP contribution in [0.4, 0.5) is 0 Å². The standard InChI is InChI=1S/C10H19N3O/c11-9(13-8-3-4-8)12-7-10(14)5-1-2-6-10/h8,14H,1-7H2,(H3,11,12,13). The summed E-state index contributed by atoms with van der Waals surface area (Å²) >= 11 is 0. The minimum absolute atomic E-state index is 0.457. The minimum atomic E-state index is -0.574. The minimum Gasteiger partial charge on any atom is -0.388 e. The highest BCUT2D eigenvalue weighted by molar-refractivity contribution is 5.78. The van der Waals surface area contributed by atoms with Gasteiger partial charge in [0.25, 0.3) is 0 Å². The molecule has 0 radical (unpaired) electrons. The lowest BCUT2D eigenvalue weighted by Crippen LogP contribution is -2.36. The van der Waals surface area contributed by atoms with Crippen molar-refractivity contribution < 1.29 is 5.11 Å². The number of nitrogens with two attached hydrogens (primary N) is 1. The average molecular weight is 197 g/mol. The van der Waals surface area contributed by atoms with E-state index in [4.69, 9.17) is 5.73 Å². The second-order valence-electron chi connectivity index (χ2n) is 4.55. The zero-order chi connectivity index (χ0) is 10.0. The zero-order valence-corrected chi connectivity index (χ0v) is 8.50. The number of nitrogens with zero attached hydrogens (tertiary/aromatic N) is 1. The Kier molecular flexibility index (Phi) is 2.63. The molecule has 0 heterocycles. The van der Waals surface area contributed by atoms with Gasteiger partial charge in [-0.15, -0.1) is 0 Å². The molecule has 2 fully saturated rings. The Labute approximate surface area is 84.6 Å². The number of nitrogens with one attached hydrogen (secondary N) is 1. The summed E-state index contributed by atoms with van der Waals surface area (Å²) in [6.45, 7) is 0.457. The number of aliphatic imine (C=N–C) groups is 1.